The number of rotatable bonds is 5. The van der Waals surface area contributed by atoms with E-state index in [1.54, 1.807) is 25.1 Å². The zero-order valence-electron chi connectivity index (χ0n) is 16.4. The highest BCUT2D eigenvalue weighted by Crippen LogP contribution is 2.29. The van der Waals surface area contributed by atoms with Gasteiger partial charge in [-0.1, -0.05) is 31.0 Å². The largest absolute Gasteiger partial charge is 0.322 e. The maximum Gasteiger partial charge on any atom is 0.258 e. The Morgan fingerprint density at radius 1 is 1.28 bits per heavy atom. The zero-order valence-corrected chi connectivity index (χ0v) is 18.0. The summed E-state index contributed by atoms with van der Waals surface area (Å²) in [7, 11) is -3.82. The lowest BCUT2D eigenvalue weighted by Gasteiger charge is -2.34. The van der Waals surface area contributed by atoms with E-state index in [-0.39, 0.29) is 16.5 Å². The van der Waals surface area contributed by atoms with Crippen LogP contribution in [0.3, 0.4) is 0 Å². The maximum absolute atomic E-state index is 14.4. The second kappa shape index (κ2) is 8.81. The highest BCUT2D eigenvalue weighted by Gasteiger charge is 2.33. The molecule has 156 valence electrons. The molecule has 0 aliphatic carbocycles. The number of nitrogens with zero attached hydrogens (tertiary/aromatic N) is 1. The third-order valence-corrected chi connectivity index (χ3v) is 7.71. The van der Waals surface area contributed by atoms with Crippen LogP contribution in [0.2, 0.25) is 5.02 Å². The Kier molecular flexibility index (Phi) is 6.61. The fraction of sp³-hybridized carbons (Fsp3) is 0.381. The number of anilines is 1. The Bertz CT molecular complexity index is 1030. The smallest absolute Gasteiger partial charge is 0.258 e. The van der Waals surface area contributed by atoms with Crippen molar-refractivity contribution in [3.05, 3.63) is 58.4 Å². The van der Waals surface area contributed by atoms with Gasteiger partial charge in [0.25, 0.3) is 5.91 Å². The second-order valence-electron chi connectivity index (χ2n) is 7.18. The van der Waals surface area contributed by atoms with Gasteiger partial charge in [-0.15, -0.1) is 0 Å². The lowest BCUT2D eigenvalue weighted by Crippen LogP contribution is -2.43. The zero-order chi connectivity index (χ0) is 21.2. The molecule has 1 fully saturated rings. The minimum absolute atomic E-state index is 0.0767. The van der Waals surface area contributed by atoms with Crippen molar-refractivity contribution in [3.63, 3.8) is 0 Å². The van der Waals surface area contributed by atoms with Crippen LogP contribution >= 0.6 is 11.6 Å². The van der Waals surface area contributed by atoms with Crippen LogP contribution in [0.25, 0.3) is 0 Å². The molecule has 1 aliphatic rings. The quantitative estimate of drug-likeness (QED) is 0.714. The number of carbonyl (C=O) groups is 1. The van der Waals surface area contributed by atoms with E-state index in [1.165, 1.54) is 10.4 Å². The van der Waals surface area contributed by atoms with Gasteiger partial charge in [0.1, 0.15) is 5.82 Å². The van der Waals surface area contributed by atoms with Crippen LogP contribution in [0.5, 0.6) is 0 Å². The van der Waals surface area contributed by atoms with Crippen LogP contribution in [-0.2, 0) is 10.0 Å². The van der Waals surface area contributed by atoms with Crippen molar-refractivity contribution in [2.24, 2.45) is 0 Å². The van der Waals surface area contributed by atoms with Gasteiger partial charge in [0, 0.05) is 23.3 Å². The van der Waals surface area contributed by atoms with Crippen LogP contribution in [0, 0.1) is 12.7 Å². The number of halogens is 2. The van der Waals surface area contributed by atoms with Gasteiger partial charge >= 0.3 is 0 Å². The van der Waals surface area contributed by atoms with E-state index in [4.69, 9.17) is 11.6 Å². The maximum atomic E-state index is 14.4. The van der Waals surface area contributed by atoms with Crippen molar-refractivity contribution < 1.29 is 17.6 Å². The van der Waals surface area contributed by atoms with Crippen molar-refractivity contribution >= 4 is 33.2 Å². The second-order valence-corrected chi connectivity index (χ2v) is 9.48. The summed E-state index contributed by atoms with van der Waals surface area (Å²) in [4.78, 5) is 12.6. The van der Waals surface area contributed by atoms with Crippen molar-refractivity contribution in [2.45, 2.75) is 50.5 Å². The first-order valence-corrected chi connectivity index (χ1v) is 11.5. The molecule has 29 heavy (non-hydrogen) atoms. The molecule has 8 heteroatoms. The molecule has 5 nitrogen and oxygen atoms in total. The van der Waals surface area contributed by atoms with Gasteiger partial charge in [0.15, 0.2) is 0 Å². The van der Waals surface area contributed by atoms with Crippen LogP contribution in [0.4, 0.5) is 10.1 Å². The SMILES string of the molecule is CC[C@@H]1CCCCN1S(=O)(=O)c1ccc(F)c(C(=O)Nc2cccc(Cl)c2C)c1. The summed E-state index contributed by atoms with van der Waals surface area (Å²) in [5, 5.41) is 3.08. The van der Waals surface area contributed by atoms with Gasteiger partial charge in [0.2, 0.25) is 10.0 Å². The van der Waals surface area contributed by atoms with E-state index >= 15 is 0 Å². The third-order valence-electron chi connectivity index (χ3n) is 5.35. The fourth-order valence-corrected chi connectivity index (χ4v) is 5.57. The minimum atomic E-state index is -3.82. The van der Waals surface area contributed by atoms with Gasteiger partial charge in [-0.3, -0.25) is 4.79 Å². The van der Waals surface area contributed by atoms with E-state index in [2.05, 4.69) is 5.32 Å². The molecule has 0 spiro atoms. The van der Waals surface area contributed by atoms with Gasteiger partial charge in [-0.2, -0.15) is 4.31 Å². The van der Waals surface area contributed by atoms with Crippen molar-refractivity contribution in [2.75, 3.05) is 11.9 Å². The van der Waals surface area contributed by atoms with Crippen LogP contribution in [0.15, 0.2) is 41.3 Å². The van der Waals surface area contributed by atoms with Crippen molar-refractivity contribution in [3.8, 4) is 0 Å². The Morgan fingerprint density at radius 2 is 2.03 bits per heavy atom. The van der Waals surface area contributed by atoms with E-state index in [9.17, 15) is 17.6 Å². The summed E-state index contributed by atoms with van der Waals surface area (Å²) in [5.41, 5.74) is 0.763. The predicted molar refractivity (Wildman–Crippen MR) is 112 cm³/mol. The standard InChI is InChI=1S/C21H24ClFN2O3S/c1-3-15-7-4-5-12-25(15)29(27,28)16-10-11-19(23)17(13-16)21(26)24-20-9-6-8-18(22)14(20)2/h6,8-11,13,15H,3-5,7,12H2,1-2H3,(H,24,26)/t15-/m1/s1. The Morgan fingerprint density at radius 3 is 2.76 bits per heavy atom. The Hall–Kier alpha value is -1.96. The van der Waals surface area contributed by atoms with Gasteiger partial charge in [-0.25, -0.2) is 12.8 Å². The van der Waals surface area contributed by atoms with Crippen molar-refractivity contribution in [1.82, 2.24) is 4.31 Å². The normalized spacial score (nSPS) is 17.9. The first kappa shape index (κ1) is 21.7. The molecule has 0 saturated carbocycles. The number of carbonyl (C=O) groups excluding carboxylic acids is 1. The topological polar surface area (TPSA) is 66.5 Å². The molecular weight excluding hydrogens is 415 g/mol. The predicted octanol–water partition coefficient (Wildman–Crippen LogP) is 4.99. The Labute approximate surface area is 175 Å². The molecular formula is C21H24ClFN2O3S. The van der Waals surface area contributed by atoms with Crippen LogP contribution in [-0.4, -0.2) is 31.2 Å². The first-order valence-electron chi connectivity index (χ1n) is 9.63. The first-order chi connectivity index (χ1) is 13.8. The summed E-state index contributed by atoms with van der Waals surface area (Å²) in [6, 6.07) is 8.28. The molecule has 3 rings (SSSR count). The Balaban J connectivity index is 1.93. The van der Waals surface area contributed by atoms with Crippen molar-refractivity contribution in [1.29, 1.82) is 0 Å². The van der Waals surface area contributed by atoms with Gasteiger partial charge < -0.3 is 5.32 Å². The molecule has 1 amide bonds. The van der Waals surface area contributed by atoms with E-state index in [1.807, 2.05) is 6.92 Å². The van der Waals surface area contributed by atoms with E-state index in [0.717, 1.165) is 31.4 Å². The molecule has 1 aliphatic heterocycles. The molecule has 1 heterocycles. The van der Waals surface area contributed by atoms with Gasteiger partial charge in [0.05, 0.1) is 10.5 Å². The van der Waals surface area contributed by atoms with E-state index in [0.29, 0.717) is 29.2 Å². The number of nitrogens with one attached hydrogen (secondary N) is 1. The summed E-state index contributed by atoms with van der Waals surface area (Å²) in [6.07, 6.45) is 3.29. The molecule has 2 aromatic rings. The summed E-state index contributed by atoms with van der Waals surface area (Å²) in [6.45, 7) is 4.12. The lowest BCUT2D eigenvalue weighted by molar-refractivity contribution is 0.102. The summed E-state index contributed by atoms with van der Waals surface area (Å²) in [5.74, 6) is -1.51. The fourth-order valence-electron chi connectivity index (χ4n) is 3.61. The molecule has 0 radical (unpaired) electrons. The van der Waals surface area contributed by atoms with E-state index < -0.39 is 21.7 Å². The van der Waals surface area contributed by atoms with Gasteiger partial charge in [-0.05, 0) is 62.1 Å². The molecule has 2 aromatic carbocycles. The molecule has 0 unspecified atom stereocenters. The minimum Gasteiger partial charge on any atom is -0.322 e. The number of sulfonamides is 1. The monoisotopic (exact) mass is 438 g/mol. The highest BCUT2D eigenvalue weighted by molar-refractivity contribution is 7.89. The summed E-state index contributed by atoms with van der Waals surface area (Å²) >= 11 is 6.06. The average molecular weight is 439 g/mol. The molecule has 1 N–H and O–H groups in total. The molecule has 1 atom stereocenters. The van der Waals surface area contributed by atoms with Crippen LogP contribution < -0.4 is 5.32 Å². The summed E-state index contributed by atoms with van der Waals surface area (Å²) < 4.78 is 42.2. The highest BCUT2D eigenvalue weighted by atomic mass is 35.5. The number of benzene rings is 2. The molecule has 0 bridgehead atoms. The number of piperidine rings is 1. The third kappa shape index (κ3) is 4.47. The lowest BCUT2D eigenvalue weighted by atomic mass is 10.0. The number of hydrogen-bond donors (Lipinski definition) is 1. The van der Waals surface area contributed by atoms with Crippen LogP contribution in [0.1, 0.15) is 48.5 Å². The molecule has 0 aromatic heterocycles. The number of amides is 1. The average Bonchev–Trinajstić information content (AvgIpc) is 2.71. The number of hydrogen-bond acceptors (Lipinski definition) is 3. The molecule has 1 saturated heterocycles.